The second-order valence-electron chi connectivity index (χ2n) is 4.58. The van der Waals surface area contributed by atoms with Gasteiger partial charge in [-0.2, -0.15) is 0 Å². The number of benzene rings is 2. The first kappa shape index (κ1) is 15.7. The summed E-state index contributed by atoms with van der Waals surface area (Å²) < 4.78 is 10.6. The van der Waals surface area contributed by atoms with Crippen LogP contribution in [0.2, 0.25) is 10.0 Å². The summed E-state index contributed by atoms with van der Waals surface area (Å²) in [5.74, 6) is 0.565. The molecule has 110 valence electrons. The van der Waals surface area contributed by atoms with Crippen LogP contribution in [-0.4, -0.2) is 12.6 Å². The number of hydrogen-bond acceptors (Lipinski definition) is 3. The summed E-state index contributed by atoms with van der Waals surface area (Å²) in [6.45, 7) is 3.51. The minimum absolute atomic E-state index is 0.177. The number of carbonyl (C=O) groups is 1. The maximum atomic E-state index is 11.8. The Morgan fingerprint density at radius 2 is 1.81 bits per heavy atom. The van der Waals surface area contributed by atoms with Gasteiger partial charge in [0.15, 0.2) is 6.61 Å². The van der Waals surface area contributed by atoms with Crippen LogP contribution in [0.3, 0.4) is 0 Å². The van der Waals surface area contributed by atoms with E-state index < -0.39 is 5.97 Å². The Labute approximate surface area is 133 Å². The third-order valence-electron chi connectivity index (χ3n) is 2.85. The van der Waals surface area contributed by atoms with Crippen LogP contribution in [-0.2, 0) is 4.79 Å². The van der Waals surface area contributed by atoms with Crippen LogP contribution in [0.25, 0.3) is 0 Å². The number of esters is 1. The standard InChI is InChI=1S/C16H14Cl2O3/c1-10-8-13(4-5-14(10)18)20-9-16(19)21-15-6-3-12(17)7-11(15)2/h3-8H,9H2,1-2H3. The number of hydrogen-bond donors (Lipinski definition) is 0. The van der Waals surface area contributed by atoms with Gasteiger partial charge in [-0.05, 0) is 61.4 Å². The SMILES string of the molecule is Cc1cc(OCC(=O)Oc2ccc(Cl)cc2C)ccc1Cl. The third kappa shape index (κ3) is 4.38. The summed E-state index contributed by atoms with van der Waals surface area (Å²) in [6, 6.07) is 10.2. The molecule has 0 saturated carbocycles. The molecule has 0 spiro atoms. The normalized spacial score (nSPS) is 10.3. The highest BCUT2D eigenvalue weighted by Gasteiger charge is 2.09. The van der Waals surface area contributed by atoms with Gasteiger partial charge in [0.25, 0.3) is 0 Å². The van der Waals surface area contributed by atoms with Crippen molar-refractivity contribution in [3.8, 4) is 11.5 Å². The van der Waals surface area contributed by atoms with Crippen molar-refractivity contribution in [3.63, 3.8) is 0 Å². The van der Waals surface area contributed by atoms with E-state index in [0.717, 1.165) is 11.1 Å². The van der Waals surface area contributed by atoms with E-state index in [0.29, 0.717) is 21.5 Å². The Balaban J connectivity index is 1.94. The molecular weight excluding hydrogens is 311 g/mol. The molecule has 0 heterocycles. The van der Waals surface area contributed by atoms with Gasteiger partial charge in [0, 0.05) is 10.0 Å². The molecule has 5 heteroatoms. The van der Waals surface area contributed by atoms with Crippen LogP contribution in [0.4, 0.5) is 0 Å². The molecule has 3 nitrogen and oxygen atoms in total. The van der Waals surface area contributed by atoms with Gasteiger partial charge >= 0.3 is 5.97 Å². The number of halogens is 2. The molecule has 0 aromatic heterocycles. The van der Waals surface area contributed by atoms with Gasteiger partial charge in [0.1, 0.15) is 11.5 Å². The van der Waals surface area contributed by atoms with E-state index >= 15 is 0 Å². The molecule has 0 N–H and O–H groups in total. The van der Waals surface area contributed by atoms with Crippen LogP contribution in [0, 0.1) is 13.8 Å². The topological polar surface area (TPSA) is 35.5 Å². The van der Waals surface area contributed by atoms with Crippen molar-refractivity contribution in [2.24, 2.45) is 0 Å². The third-order valence-corrected chi connectivity index (χ3v) is 3.51. The van der Waals surface area contributed by atoms with Crippen molar-refractivity contribution in [2.75, 3.05) is 6.61 Å². The number of aryl methyl sites for hydroxylation is 2. The molecule has 2 rings (SSSR count). The molecule has 0 fully saturated rings. The number of carbonyl (C=O) groups excluding carboxylic acids is 1. The quantitative estimate of drug-likeness (QED) is 0.609. The molecular formula is C16H14Cl2O3. The van der Waals surface area contributed by atoms with Gasteiger partial charge in [0.05, 0.1) is 0 Å². The van der Waals surface area contributed by atoms with Gasteiger partial charge in [0.2, 0.25) is 0 Å². The molecule has 21 heavy (non-hydrogen) atoms. The lowest BCUT2D eigenvalue weighted by molar-refractivity contribution is -0.136. The van der Waals surface area contributed by atoms with E-state index in [4.69, 9.17) is 32.7 Å². The first-order valence-electron chi connectivity index (χ1n) is 6.31. The molecule has 2 aromatic carbocycles. The first-order valence-corrected chi connectivity index (χ1v) is 7.07. The van der Waals surface area contributed by atoms with Gasteiger partial charge in [-0.15, -0.1) is 0 Å². The lowest BCUT2D eigenvalue weighted by Gasteiger charge is -2.09. The van der Waals surface area contributed by atoms with Crippen LogP contribution in [0.5, 0.6) is 11.5 Å². The van der Waals surface area contributed by atoms with Gasteiger partial charge in [-0.1, -0.05) is 23.2 Å². The fraction of sp³-hybridized carbons (Fsp3) is 0.188. The molecule has 0 saturated heterocycles. The second kappa shape index (κ2) is 6.83. The fourth-order valence-corrected chi connectivity index (χ4v) is 2.07. The van der Waals surface area contributed by atoms with Crippen molar-refractivity contribution >= 4 is 29.2 Å². The summed E-state index contributed by atoms with van der Waals surface area (Å²) in [5.41, 5.74) is 1.68. The average Bonchev–Trinajstić information content (AvgIpc) is 2.43. The molecule has 0 aliphatic rings. The molecule has 0 amide bonds. The molecule has 0 aliphatic heterocycles. The molecule has 0 radical (unpaired) electrons. The van der Waals surface area contributed by atoms with E-state index in [9.17, 15) is 4.79 Å². The maximum Gasteiger partial charge on any atom is 0.349 e. The average molecular weight is 325 g/mol. The lowest BCUT2D eigenvalue weighted by atomic mass is 10.2. The lowest BCUT2D eigenvalue weighted by Crippen LogP contribution is -2.18. The summed E-state index contributed by atoms with van der Waals surface area (Å²) in [6.07, 6.45) is 0. The van der Waals surface area contributed by atoms with E-state index in [1.165, 1.54) is 0 Å². The molecule has 2 aromatic rings. The van der Waals surface area contributed by atoms with Crippen LogP contribution >= 0.6 is 23.2 Å². The van der Waals surface area contributed by atoms with Crippen molar-refractivity contribution in [3.05, 3.63) is 57.6 Å². The first-order chi connectivity index (χ1) is 9.95. The van der Waals surface area contributed by atoms with Crippen LogP contribution < -0.4 is 9.47 Å². The fourth-order valence-electron chi connectivity index (χ4n) is 1.73. The Hall–Kier alpha value is -1.71. The summed E-state index contributed by atoms with van der Waals surface area (Å²) >= 11 is 11.8. The molecule has 0 unspecified atom stereocenters. The monoisotopic (exact) mass is 324 g/mol. The summed E-state index contributed by atoms with van der Waals surface area (Å²) in [4.78, 5) is 11.8. The smallest absolute Gasteiger partial charge is 0.349 e. The van der Waals surface area contributed by atoms with E-state index in [2.05, 4.69) is 0 Å². The summed E-state index contributed by atoms with van der Waals surface area (Å²) in [7, 11) is 0. The van der Waals surface area contributed by atoms with Crippen molar-refractivity contribution in [1.82, 2.24) is 0 Å². The van der Waals surface area contributed by atoms with Gasteiger partial charge < -0.3 is 9.47 Å². The predicted molar refractivity (Wildman–Crippen MR) is 83.5 cm³/mol. The molecule has 0 bridgehead atoms. The Morgan fingerprint density at radius 1 is 1.05 bits per heavy atom. The largest absolute Gasteiger partial charge is 0.482 e. The number of rotatable bonds is 4. The van der Waals surface area contributed by atoms with Gasteiger partial charge in [-0.3, -0.25) is 0 Å². The Bertz CT molecular complexity index is 669. The highest BCUT2D eigenvalue weighted by molar-refractivity contribution is 6.31. The van der Waals surface area contributed by atoms with Crippen LogP contribution in [0.1, 0.15) is 11.1 Å². The highest BCUT2D eigenvalue weighted by Crippen LogP contribution is 2.23. The minimum Gasteiger partial charge on any atom is -0.482 e. The van der Waals surface area contributed by atoms with E-state index in [1.807, 2.05) is 13.8 Å². The molecule has 0 aliphatic carbocycles. The number of ether oxygens (including phenoxy) is 2. The predicted octanol–water partition coefficient (Wildman–Crippen LogP) is 4.59. The zero-order valence-corrected chi connectivity index (χ0v) is 13.2. The highest BCUT2D eigenvalue weighted by atomic mass is 35.5. The Kier molecular flexibility index (Phi) is 5.10. The van der Waals surface area contributed by atoms with E-state index in [-0.39, 0.29) is 6.61 Å². The maximum absolute atomic E-state index is 11.8. The zero-order chi connectivity index (χ0) is 15.4. The molecule has 0 atom stereocenters. The summed E-state index contributed by atoms with van der Waals surface area (Å²) in [5, 5.41) is 1.25. The van der Waals surface area contributed by atoms with E-state index in [1.54, 1.807) is 36.4 Å². The zero-order valence-electron chi connectivity index (χ0n) is 11.7. The van der Waals surface area contributed by atoms with Crippen molar-refractivity contribution in [2.45, 2.75) is 13.8 Å². The Morgan fingerprint density at radius 3 is 2.48 bits per heavy atom. The van der Waals surface area contributed by atoms with Crippen molar-refractivity contribution < 1.29 is 14.3 Å². The van der Waals surface area contributed by atoms with Gasteiger partial charge in [-0.25, -0.2) is 4.79 Å². The minimum atomic E-state index is -0.479. The van der Waals surface area contributed by atoms with Crippen molar-refractivity contribution in [1.29, 1.82) is 0 Å². The van der Waals surface area contributed by atoms with Crippen LogP contribution in [0.15, 0.2) is 36.4 Å². The second-order valence-corrected chi connectivity index (χ2v) is 5.43.